The lowest BCUT2D eigenvalue weighted by atomic mass is 10.0. The fourth-order valence-corrected chi connectivity index (χ4v) is 4.25. The van der Waals surface area contributed by atoms with E-state index >= 15 is 0 Å². The van der Waals surface area contributed by atoms with Crippen LogP contribution in [0, 0.1) is 0 Å². The number of nitrogens with zero attached hydrogens (tertiary/aromatic N) is 1. The zero-order valence-corrected chi connectivity index (χ0v) is 17.7. The SMILES string of the molecule is CC(N)Cc1ccc(CNCc2ccc3c(c2)CN(C2CCC(=O)NC2=O)C3=O)cc1. The van der Waals surface area contributed by atoms with Crippen LogP contribution < -0.4 is 16.4 Å². The smallest absolute Gasteiger partial charge is 0.255 e. The monoisotopic (exact) mass is 420 g/mol. The average Bonchev–Trinajstić information content (AvgIpc) is 3.05. The van der Waals surface area contributed by atoms with Crippen molar-refractivity contribution in [3.8, 4) is 0 Å². The maximum Gasteiger partial charge on any atom is 0.255 e. The number of benzene rings is 2. The van der Waals surface area contributed by atoms with E-state index < -0.39 is 6.04 Å². The van der Waals surface area contributed by atoms with E-state index in [1.807, 2.05) is 25.1 Å². The maximum absolute atomic E-state index is 12.8. The number of rotatable bonds is 7. The lowest BCUT2D eigenvalue weighted by molar-refractivity contribution is -0.136. The van der Waals surface area contributed by atoms with Gasteiger partial charge in [0.2, 0.25) is 11.8 Å². The summed E-state index contributed by atoms with van der Waals surface area (Å²) in [5, 5.41) is 5.78. The third-order valence-corrected chi connectivity index (χ3v) is 5.83. The molecule has 2 aromatic rings. The van der Waals surface area contributed by atoms with Crippen molar-refractivity contribution >= 4 is 17.7 Å². The summed E-state index contributed by atoms with van der Waals surface area (Å²) in [5.41, 5.74) is 10.9. The van der Waals surface area contributed by atoms with Gasteiger partial charge in [-0.05, 0) is 48.1 Å². The lowest BCUT2D eigenvalue weighted by Crippen LogP contribution is -2.52. The van der Waals surface area contributed by atoms with Gasteiger partial charge in [0.25, 0.3) is 5.91 Å². The van der Waals surface area contributed by atoms with Gasteiger partial charge in [0.05, 0.1) is 0 Å². The molecule has 2 aliphatic rings. The van der Waals surface area contributed by atoms with Gasteiger partial charge < -0.3 is 16.0 Å². The molecule has 31 heavy (non-hydrogen) atoms. The first kappa shape index (κ1) is 21.2. The van der Waals surface area contributed by atoms with Crippen molar-refractivity contribution in [1.82, 2.24) is 15.5 Å². The average molecular weight is 421 g/mol. The van der Waals surface area contributed by atoms with Crippen molar-refractivity contribution in [2.75, 3.05) is 0 Å². The Hall–Kier alpha value is -3.03. The van der Waals surface area contributed by atoms with Crippen LogP contribution in [0.3, 0.4) is 0 Å². The summed E-state index contributed by atoms with van der Waals surface area (Å²) >= 11 is 0. The predicted octanol–water partition coefficient (Wildman–Crippen LogP) is 1.63. The number of hydrogen-bond donors (Lipinski definition) is 3. The van der Waals surface area contributed by atoms with Crippen LogP contribution in [0.15, 0.2) is 42.5 Å². The Morgan fingerprint density at radius 1 is 1.06 bits per heavy atom. The van der Waals surface area contributed by atoms with E-state index in [1.165, 1.54) is 11.1 Å². The van der Waals surface area contributed by atoms with Crippen LogP contribution in [-0.4, -0.2) is 34.7 Å². The van der Waals surface area contributed by atoms with Gasteiger partial charge >= 0.3 is 0 Å². The molecule has 7 heteroatoms. The second-order valence-electron chi connectivity index (χ2n) is 8.49. The molecule has 1 saturated heterocycles. The molecule has 2 heterocycles. The third-order valence-electron chi connectivity index (χ3n) is 5.83. The molecular weight excluding hydrogens is 392 g/mol. The van der Waals surface area contributed by atoms with Gasteiger partial charge in [0.1, 0.15) is 6.04 Å². The van der Waals surface area contributed by atoms with Crippen molar-refractivity contribution in [3.05, 3.63) is 70.3 Å². The van der Waals surface area contributed by atoms with Crippen LogP contribution >= 0.6 is 0 Å². The van der Waals surface area contributed by atoms with Crippen molar-refractivity contribution < 1.29 is 14.4 Å². The van der Waals surface area contributed by atoms with Gasteiger partial charge in [-0.2, -0.15) is 0 Å². The van der Waals surface area contributed by atoms with E-state index in [0.717, 1.165) is 24.1 Å². The summed E-state index contributed by atoms with van der Waals surface area (Å²) in [4.78, 5) is 37.9. The summed E-state index contributed by atoms with van der Waals surface area (Å²) in [6.45, 7) is 3.83. The van der Waals surface area contributed by atoms with Crippen molar-refractivity contribution in [3.63, 3.8) is 0 Å². The molecule has 0 radical (unpaired) electrons. The molecule has 0 bridgehead atoms. The van der Waals surface area contributed by atoms with Crippen LogP contribution in [0.5, 0.6) is 0 Å². The number of nitrogens with one attached hydrogen (secondary N) is 2. The summed E-state index contributed by atoms with van der Waals surface area (Å²) in [6.07, 6.45) is 1.51. The fourth-order valence-electron chi connectivity index (χ4n) is 4.25. The Bertz CT molecular complexity index is 1000. The molecular formula is C24H28N4O3. The minimum atomic E-state index is -0.579. The molecule has 2 aliphatic heterocycles. The molecule has 0 aromatic heterocycles. The third kappa shape index (κ3) is 4.84. The van der Waals surface area contributed by atoms with Gasteiger partial charge in [0.15, 0.2) is 0 Å². The predicted molar refractivity (Wildman–Crippen MR) is 117 cm³/mol. The summed E-state index contributed by atoms with van der Waals surface area (Å²) in [5.74, 6) is -0.801. The molecule has 0 saturated carbocycles. The topological polar surface area (TPSA) is 105 Å². The molecule has 2 unspecified atom stereocenters. The first-order valence-corrected chi connectivity index (χ1v) is 10.7. The van der Waals surface area contributed by atoms with Crippen LogP contribution in [0.25, 0.3) is 0 Å². The molecule has 7 nitrogen and oxygen atoms in total. The number of carbonyl (C=O) groups is 3. The van der Waals surface area contributed by atoms with Gasteiger partial charge in [-0.3, -0.25) is 19.7 Å². The Morgan fingerprint density at radius 3 is 2.45 bits per heavy atom. The number of carbonyl (C=O) groups excluding carboxylic acids is 3. The normalized spacial score (nSPS) is 19.4. The molecule has 1 fully saturated rings. The molecule has 4 rings (SSSR count). The van der Waals surface area contributed by atoms with E-state index in [-0.39, 0.29) is 30.2 Å². The first-order valence-electron chi connectivity index (χ1n) is 10.7. The molecule has 162 valence electrons. The molecule has 2 aromatic carbocycles. The number of piperidine rings is 1. The van der Waals surface area contributed by atoms with Crippen LogP contribution in [-0.2, 0) is 35.6 Å². The van der Waals surface area contributed by atoms with Crippen LogP contribution in [0.2, 0.25) is 0 Å². The van der Waals surface area contributed by atoms with Crippen LogP contribution in [0.1, 0.15) is 52.4 Å². The second kappa shape index (κ2) is 8.99. The largest absolute Gasteiger partial charge is 0.328 e. The highest BCUT2D eigenvalue weighted by Crippen LogP contribution is 2.28. The quantitative estimate of drug-likeness (QED) is 0.591. The van der Waals surface area contributed by atoms with E-state index in [2.05, 4.69) is 34.9 Å². The molecule has 3 amide bonds. The Morgan fingerprint density at radius 2 is 1.74 bits per heavy atom. The lowest BCUT2D eigenvalue weighted by Gasteiger charge is -2.29. The standard InChI is InChI=1S/C24H28N4O3/c1-15(25)10-16-2-4-17(5-3-16)12-26-13-18-6-7-20-19(11-18)14-28(24(20)31)21-8-9-22(29)27-23(21)30/h2-7,11,15,21,26H,8-10,12-14,25H2,1H3,(H,27,29,30). The summed E-state index contributed by atoms with van der Waals surface area (Å²) < 4.78 is 0. The van der Waals surface area contributed by atoms with Crippen molar-refractivity contribution in [2.24, 2.45) is 5.73 Å². The highest BCUT2D eigenvalue weighted by molar-refractivity contribution is 6.05. The number of amides is 3. The van der Waals surface area contributed by atoms with Gasteiger partial charge in [-0.25, -0.2) is 0 Å². The number of fused-ring (bicyclic) bond motifs is 1. The van der Waals surface area contributed by atoms with Crippen LogP contribution in [0.4, 0.5) is 0 Å². The maximum atomic E-state index is 12.8. The highest BCUT2D eigenvalue weighted by Gasteiger charge is 2.38. The Labute approximate surface area is 182 Å². The minimum Gasteiger partial charge on any atom is -0.328 e. The number of nitrogens with two attached hydrogens (primary N) is 1. The van der Waals surface area contributed by atoms with Gasteiger partial charge in [-0.1, -0.05) is 36.4 Å². The van der Waals surface area contributed by atoms with Crippen molar-refractivity contribution in [2.45, 2.75) is 57.9 Å². The van der Waals surface area contributed by atoms with Gasteiger partial charge in [-0.15, -0.1) is 0 Å². The van der Waals surface area contributed by atoms with Crippen molar-refractivity contribution in [1.29, 1.82) is 0 Å². The molecule has 0 spiro atoms. The van der Waals surface area contributed by atoms with Gasteiger partial charge in [0, 0.05) is 37.7 Å². The molecule has 4 N–H and O–H groups in total. The van der Waals surface area contributed by atoms with E-state index in [0.29, 0.717) is 25.1 Å². The van der Waals surface area contributed by atoms with E-state index in [4.69, 9.17) is 5.73 Å². The summed E-state index contributed by atoms with van der Waals surface area (Å²) in [7, 11) is 0. The minimum absolute atomic E-state index is 0.143. The Balaban J connectivity index is 1.34. The molecule has 0 aliphatic carbocycles. The zero-order valence-electron chi connectivity index (χ0n) is 17.7. The number of imide groups is 1. The molecule has 2 atom stereocenters. The number of hydrogen-bond acceptors (Lipinski definition) is 5. The second-order valence-corrected chi connectivity index (χ2v) is 8.49. The fraction of sp³-hybridized carbons (Fsp3) is 0.375. The summed E-state index contributed by atoms with van der Waals surface area (Å²) in [6, 6.07) is 13.8. The highest BCUT2D eigenvalue weighted by atomic mass is 16.2. The van der Waals surface area contributed by atoms with E-state index in [9.17, 15) is 14.4 Å². The Kier molecular flexibility index (Phi) is 6.15. The first-order chi connectivity index (χ1) is 14.9. The van der Waals surface area contributed by atoms with E-state index in [1.54, 1.807) is 4.90 Å². The zero-order chi connectivity index (χ0) is 22.0.